The molecule has 22 heavy (non-hydrogen) atoms. The molecule has 2 heterocycles. The van der Waals surface area contributed by atoms with Crippen molar-refractivity contribution in [3.05, 3.63) is 53.1 Å². The average molecular weight is 330 g/mol. The van der Waals surface area contributed by atoms with E-state index in [1.807, 2.05) is 17.1 Å². The van der Waals surface area contributed by atoms with Gasteiger partial charge >= 0.3 is 0 Å². The van der Waals surface area contributed by atoms with Crippen molar-refractivity contribution in [2.45, 2.75) is 36.8 Å². The third-order valence-corrected chi connectivity index (χ3v) is 5.80. The van der Waals surface area contributed by atoms with Crippen LogP contribution in [0.3, 0.4) is 0 Å². The average Bonchev–Trinajstić information content (AvgIpc) is 3.17. The minimum absolute atomic E-state index is 0.447. The van der Waals surface area contributed by atoms with Crippen LogP contribution >= 0.6 is 23.1 Å². The molecule has 114 valence electrons. The van der Waals surface area contributed by atoms with Gasteiger partial charge in [0.05, 0.1) is 6.33 Å². The number of hydrogen-bond acceptors (Lipinski definition) is 5. The molecule has 0 saturated heterocycles. The smallest absolute Gasteiger partial charge is 0.174 e. The van der Waals surface area contributed by atoms with Crippen molar-refractivity contribution in [3.8, 4) is 5.69 Å². The SMILES string of the molecule is Cc1cc(-n2ccnc2)ccc1CSc1nnc(C(C)C)s1. The fraction of sp³-hybridized carbons (Fsp3) is 0.312. The van der Waals surface area contributed by atoms with Gasteiger partial charge in [0, 0.05) is 29.8 Å². The zero-order chi connectivity index (χ0) is 15.5. The summed E-state index contributed by atoms with van der Waals surface area (Å²) in [6, 6.07) is 6.50. The Balaban J connectivity index is 1.70. The maximum absolute atomic E-state index is 4.26. The predicted octanol–water partition coefficient (Wildman–Crippen LogP) is 4.45. The maximum atomic E-state index is 4.26. The summed E-state index contributed by atoms with van der Waals surface area (Å²) in [4.78, 5) is 4.09. The largest absolute Gasteiger partial charge is 0.306 e. The zero-order valence-corrected chi connectivity index (χ0v) is 14.5. The molecule has 0 aliphatic heterocycles. The first-order chi connectivity index (χ1) is 10.6. The highest BCUT2D eigenvalue weighted by Crippen LogP contribution is 2.30. The van der Waals surface area contributed by atoms with Crippen LogP contribution < -0.4 is 0 Å². The number of nitrogens with zero attached hydrogens (tertiary/aromatic N) is 4. The molecule has 0 aliphatic carbocycles. The first-order valence-corrected chi connectivity index (χ1v) is 8.98. The van der Waals surface area contributed by atoms with Crippen molar-refractivity contribution >= 4 is 23.1 Å². The predicted molar refractivity (Wildman–Crippen MR) is 91.9 cm³/mol. The van der Waals surface area contributed by atoms with E-state index in [2.05, 4.69) is 54.2 Å². The van der Waals surface area contributed by atoms with Gasteiger partial charge in [0.25, 0.3) is 0 Å². The van der Waals surface area contributed by atoms with Gasteiger partial charge in [0.15, 0.2) is 4.34 Å². The zero-order valence-electron chi connectivity index (χ0n) is 12.9. The summed E-state index contributed by atoms with van der Waals surface area (Å²) in [6.45, 7) is 6.44. The van der Waals surface area contributed by atoms with E-state index in [1.54, 1.807) is 29.3 Å². The van der Waals surface area contributed by atoms with Crippen LogP contribution in [0.5, 0.6) is 0 Å². The third kappa shape index (κ3) is 3.39. The minimum atomic E-state index is 0.447. The molecule has 0 bridgehead atoms. The van der Waals surface area contributed by atoms with Crippen molar-refractivity contribution in [2.24, 2.45) is 0 Å². The highest BCUT2D eigenvalue weighted by molar-refractivity contribution is 8.00. The Kier molecular flexibility index (Phi) is 4.59. The van der Waals surface area contributed by atoms with Crippen LogP contribution in [0.2, 0.25) is 0 Å². The molecule has 0 N–H and O–H groups in total. The number of aryl methyl sites for hydroxylation is 1. The maximum Gasteiger partial charge on any atom is 0.174 e. The highest BCUT2D eigenvalue weighted by Gasteiger charge is 2.09. The number of rotatable bonds is 5. The van der Waals surface area contributed by atoms with Gasteiger partial charge in [0.1, 0.15) is 5.01 Å². The van der Waals surface area contributed by atoms with E-state index < -0.39 is 0 Å². The van der Waals surface area contributed by atoms with Gasteiger partial charge in [0.2, 0.25) is 0 Å². The molecule has 0 saturated carbocycles. The standard InChI is InChI=1S/C16H18N4S2/c1-11(2)15-18-19-16(22-15)21-9-13-4-5-14(8-12(13)3)20-7-6-17-10-20/h4-8,10-11H,9H2,1-3H3. The summed E-state index contributed by atoms with van der Waals surface area (Å²) in [7, 11) is 0. The van der Waals surface area contributed by atoms with Gasteiger partial charge in [-0.3, -0.25) is 0 Å². The number of thioether (sulfide) groups is 1. The van der Waals surface area contributed by atoms with E-state index >= 15 is 0 Å². The lowest BCUT2D eigenvalue weighted by Crippen LogP contribution is -1.93. The second-order valence-corrected chi connectivity index (χ2v) is 7.66. The van der Waals surface area contributed by atoms with Gasteiger partial charge in [-0.15, -0.1) is 10.2 Å². The normalized spacial score (nSPS) is 11.3. The fourth-order valence-corrected chi connectivity index (χ4v) is 4.01. The lowest BCUT2D eigenvalue weighted by Gasteiger charge is -2.08. The minimum Gasteiger partial charge on any atom is -0.306 e. The molecular formula is C16H18N4S2. The number of hydrogen-bond donors (Lipinski definition) is 0. The van der Waals surface area contributed by atoms with Gasteiger partial charge < -0.3 is 4.57 Å². The molecule has 0 fully saturated rings. The van der Waals surface area contributed by atoms with Crippen molar-refractivity contribution in [2.75, 3.05) is 0 Å². The lowest BCUT2D eigenvalue weighted by atomic mass is 10.1. The summed E-state index contributed by atoms with van der Waals surface area (Å²) in [5, 5.41) is 9.60. The van der Waals surface area contributed by atoms with Crippen LogP contribution in [0.15, 0.2) is 41.3 Å². The molecule has 6 heteroatoms. The van der Waals surface area contributed by atoms with Crippen LogP contribution in [-0.2, 0) is 5.75 Å². The van der Waals surface area contributed by atoms with E-state index in [0.29, 0.717) is 5.92 Å². The Hall–Kier alpha value is -1.66. The third-order valence-electron chi connectivity index (χ3n) is 3.40. The summed E-state index contributed by atoms with van der Waals surface area (Å²) in [6.07, 6.45) is 5.57. The van der Waals surface area contributed by atoms with E-state index in [0.717, 1.165) is 20.8 Å². The first-order valence-electron chi connectivity index (χ1n) is 7.17. The number of imidazole rings is 1. The summed E-state index contributed by atoms with van der Waals surface area (Å²) in [5.41, 5.74) is 3.75. The molecule has 1 aromatic carbocycles. The Morgan fingerprint density at radius 2 is 2.14 bits per heavy atom. The Bertz CT molecular complexity index is 747. The summed E-state index contributed by atoms with van der Waals surface area (Å²) >= 11 is 3.45. The molecule has 3 rings (SSSR count). The molecule has 0 amide bonds. The van der Waals surface area contributed by atoms with E-state index in [1.165, 1.54) is 11.1 Å². The van der Waals surface area contributed by atoms with Crippen LogP contribution in [0.4, 0.5) is 0 Å². The van der Waals surface area contributed by atoms with Crippen molar-refractivity contribution in [1.29, 1.82) is 0 Å². The summed E-state index contributed by atoms with van der Waals surface area (Å²) < 4.78 is 3.06. The fourth-order valence-electron chi connectivity index (χ4n) is 2.07. The van der Waals surface area contributed by atoms with Crippen LogP contribution in [0.25, 0.3) is 5.69 Å². The van der Waals surface area contributed by atoms with E-state index in [-0.39, 0.29) is 0 Å². The van der Waals surface area contributed by atoms with Crippen LogP contribution in [0, 0.1) is 6.92 Å². The summed E-state index contributed by atoms with van der Waals surface area (Å²) in [5.74, 6) is 1.37. The highest BCUT2D eigenvalue weighted by atomic mass is 32.2. The molecule has 0 atom stereocenters. The Morgan fingerprint density at radius 3 is 2.77 bits per heavy atom. The molecule has 4 nitrogen and oxygen atoms in total. The Labute approximate surface area is 138 Å². The van der Waals surface area contributed by atoms with Crippen molar-refractivity contribution < 1.29 is 0 Å². The second-order valence-electron chi connectivity index (χ2n) is 5.43. The molecular weight excluding hydrogens is 312 g/mol. The molecule has 2 aromatic heterocycles. The number of benzene rings is 1. The van der Waals surface area contributed by atoms with Crippen molar-refractivity contribution in [3.63, 3.8) is 0 Å². The van der Waals surface area contributed by atoms with E-state index in [4.69, 9.17) is 0 Å². The van der Waals surface area contributed by atoms with Gasteiger partial charge in [-0.05, 0) is 30.2 Å². The first kappa shape index (κ1) is 15.2. The van der Waals surface area contributed by atoms with Gasteiger partial charge in [-0.25, -0.2) is 4.98 Å². The van der Waals surface area contributed by atoms with Crippen molar-refractivity contribution in [1.82, 2.24) is 19.7 Å². The topological polar surface area (TPSA) is 43.6 Å². The molecule has 0 spiro atoms. The Morgan fingerprint density at radius 1 is 1.27 bits per heavy atom. The lowest BCUT2D eigenvalue weighted by molar-refractivity contribution is 0.817. The van der Waals surface area contributed by atoms with Crippen LogP contribution in [-0.4, -0.2) is 19.7 Å². The molecule has 0 aliphatic rings. The van der Waals surface area contributed by atoms with Gasteiger partial charge in [-0.1, -0.05) is 43.0 Å². The molecule has 0 unspecified atom stereocenters. The molecule has 0 radical (unpaired) electrons. The quantitative estimate of drug-likeness (QED) is 0.648. The van der Waals surface area contributed by atoms with E-state index in [9.17, 15) is 0 Å². The second kappa shape index (κ2) is 6.62. The molecule has 3 aromatic rings. The monoisotopic (exact) mass is 330 g/mol. The van der Waals surface area contributed by atoms with Gasteiger partial charge in [-0.2, -0.15) is 0 Å². The van der Waals surface area contributed by atoms with Crippen LogP contribution in [0.1, 0.15) is 35.9 Å². The number of aromatic nitrogens is 4.